The van der Waals surface area contributed by atoms with Crippen LogP contribution in [-0.2, 0) is 0 Å². The first-order chi connectivity index (χ1) is 16.8. The number of para-hydroxylation sites is 2. The summed E-state index contributed by atoms with van der Waals surface area (Å²) in [6.07, 6.45) is 0. The number of benzene rings is 3. The number of fused-ring (bicyclic) bond motifs is 4. The zero-order chi connectivity index (χ0) is 24.4. The molecule has 0 spiro atoms. The summed E-state index contributed by atoms with van der Waals surface area (Å²) >= 11 is 0. The van der Waals surface area contributed by atoms with E-state index in [2.05, 4.69) is 32.0 Å². The lowest BCUT2D eigenvalue weighted by atomic mass is 10.1. The Morgan fingerprint density at radius 1 is 0.629 bits per heavy atom. The van der Waals surface area contributed by atoms with Crippen LogP contribution in [0.5, 0.6) is 0 Å². The van der Waals surface area contributed by atoms with Gasteiger partial charge in [0.2, 0.25) is 0 Å². The summed E-state index contributed by atoms with van der Waals surface area (Å²) in [4.78, 5) is 29.0. The Morgan fingerprint density at radius 2 is 1.31 bits per heavy atom. The summed E-state index contributed by atoms with van der Waals surface area (Å²) in [7, 11) is 0. The topological polar surface area (TPSA) is 65.6 Å². The molecule has 0 radical (unpaired) electrons. The van der Waals surface area contributed by atoms with Crippen molar-refractivity contribution in [3.63, 3.8) is 0 Å². The Balaban J connectivity index is 1.81. The third kappa shape index (κ3) is 3.25. The molecule has 0 unspecified atom stereocenters. The molecule has 6 heteroatoms. The van der Waals surface area contributed by atoms with E-state index in [1.165, 1.54) is 5.56 Å². The molecule has 3 aromatic carbocycles. The van der Waals surface area contributed by atoms with E-state index in [4.69, 9.17) is 15.0 Å². The number of hydrogen-bond donors (Lipinski definition) is 0. The van der Waals surface area contributed by atoms with Crippen LogP contribution in [-0.4, -0.2) is 24.1 Å². The van der Waals surface area contributed by atoms with E-state index in [1.54, 1.807) is 4.57 Å². The van der Waals surface area contributed by atoms with E-state index in [0.29, 0.717) is 28.0 Å². The Bertz CT molecular complexity index is 1860. The SMILES string of the molecule is Cc1cc(C)cc(-n2c(C)nc3c(c2=O)c2nc4ccccc4nc2n3-c2ccc(C)c(C)c2)c1. The molecule has 3 heterocycles. The first kappa shape index (κ1) is 21.2. The van der Waals surface area contributed by atoms with Crippen molar-refractivity contribution in [2.24, 2.45) is 0 Å². The Hall–Kier alpha value is -4.32. The maximum absolute atomic E-state index is 14.1. The van der Waals surface area contributed by atoms with Gasteiger partial charge in [0.25, 0.3) is 5.56 Å². The van der Waals surface area contributed by atoms with Gasteiger partial charge in [-0.1, -0.05) is 24.3 Å². The van der Waals surface area contributed by atoms with Gasteiger partial charge in [-0.15, -0.1) is 0 Å². The van der Waals surface area contributed by atoms with Gasteiger partial charge in [0, 0.05) is 5.69 Å². The van der Waals surface area contributed by atoms with E-state index in [9.17, 15) is 4.79 Å². The van der Waals surface area contributed by atoms with Crippen molar-refractivity contribution in [2.45, 2.75) is 34.6 Å². The smallest absolute Gasteiger partial charge is 0.269 e. The monoisotopic (exact) mass is 459 g/mol. The zero-order valence-electron chi connectivity index (χ0n) is 20.4. The summed E-state index contributed by atoms with van der Waals surface area (Å²) in [6.45, 7) is 10.1. The fraction of sp³-hybridized carbons (Fsp3) is 0.172. The van der Waals surface area contributed by atoms with Crippen LogP contribution < -0.4 is 5.56 Å². The van der Waals surface area contributed by atoms with E-state index in [1.807, 2.05) is 67.8 Å². The van der Waals surface area contributed by atoms with E-state index < -0.39 is 0 Å². The second kappa shape index (κ2) is 7.60. The molecule has 6 nitrogen and oxygen atoms in total. The summed E-state index contributed by atoms with van der Waals surface area (Å²) in [5.74, 6) is 0.616. The van der Waals surface area contributed by atoms with Crippen LogP contribution in [0.4, 0.5) is 0 Å². The number of hydrogen-bond acceptors (Lipinski definition) is 4. The van der Waals surface area contributed by atoms with Crippen molar-refractivity contribution >= 4 is 33.2 Å². The van der Waals surface area contributed by atoms with Crippen molar-refractivity contribution in [1.82, 2.24) is 24.1 Å². The molecule has 0 aliphatic heterocycles. The third-order valence-corrected chi connectivity index (χ3v) is 6.66. The largest absolute Gasteiger partial charge is 0.276 e. The molecule has 3 aromatic heterocycles. The number of nitrogens with zero attached hydrogens (tertiary/aromatic N) is 5. The molecule has 172 valence electrons. The second-order valence-corrected chi connectivity index (χ2v) is 9.33. The summed E-state index contributed by atoms with van der Waals surface area (Å²) < 4.78 is 3.65. The van der Waals surface area contributed by atoms with Crippen molar-refractivity contribution in [2.75, 3.05) is 0 Å². The lowest BCUT2D eigenvalue weighted by molar-refractivity contribution is 0.884. The van der Waals surface area contributed by atoms with Crippen LogP contribution in [0.3, 0.4) is 0 Å². The van der Waals surface area contributed by atoms with E-state index in [0.717, 1.165) is 39.1 Å². The van der Waals surface area contributed by atoms with Gasteiger partial charge in [-0.05, 0) is 93.3 Å². The lowest BCUT2D eigenvalue weighted by Gasteiger charge is -2.13. The highest BCUT2D eigenvalue weighted by atomic mass is 16.1. The molecule has 0 amide bonds. The fourth-order valence-electron chi connectivity index (χ4n) is 4.89. The normalized spacial score (nSPS) is 11.7. The summed E-state index contributed by atoms with van der Waals surface area (Å²) in [5.41, 5.74) is 9.40. The van der Waals surface area contributed by atoms with Crippen molar-refractivity contribution in [3.8, 4) is 11.4 Å². The maximum atomic E-state index is 14.1. The number of rotatable bonds is 2. The Morgan fingerprint density at radius 3 is 2.00 bits per heavy atom. The molecule has 0 bridgehead atoms. The van der Waals surface area contributed by atoms with Gasteiger partial charge in [0.1, 0.15) is 16.7 Å². The van der Waals surface area contributed by atoms with Crippen molar-refractivity contribution in [3.05, 3.63) is 99.1 Å². The molecule has 0 atom stereocenters. The van der Waals surface area contributed by atoms with Gasteiger partial charge in [-0.3, -0.25) is 13.9 Å². The molecule has 6 aromatic rings. The third-order valence-electron chi connectivity index (χ3n) is 6.66. The quantitative estimate of drug-likeness (QED) is 0.328. The van der Waals surface area contributed by atoms with Crippen LogP contribution >= 0.6 is 0 Å². The van der Waals surface area contributed by atoms with Gasteiger partial charge in [0.05, 0.1) is 16.7 Å². The molecule has 0 aliphatic rings. The van der Waals surface area contributed by atoms with Crippen molar-refractivity contribution in [1.29, 1.82) is 0 Å². The van der Waals surface area contributed by atoms with E-state index >= 15 is 0 Å². The first-order valence-corrected chi connectivity index (χ1v) is 11.7. The maximum Gasteiger partial charge on any atom is 0.269 e. The van der Waals surface area contributed by atoms with E-state index in [-0.39, 0.29) is 5.56 Å². The highest BCUT2D eigenvalue weighted by molar-refractivity contribution is 6.06. The molecule has 0 fully saturated rings. The molecule has 0 saturated carbocycles. The molecule has 35 heavy (non-hydrogen) atoms. The first-order valence-electron chi connectivity index (χ1n) is 11.7. The van der Waals surface area contributed by atoms with Gasteiger partial charge < -0.3 is 0 Å². The number of aromatic nitrogens is 5. The highest BCUT2D eigenvalue weighted by Crippen LogP contribution is 2.30. The van der Waals surface area contributed by atoms with Gasteiger partial charge in [-0.2, -0.15) is 0 Å². The van der Waals surface area contributed by atoms with Gasteiger partial charge in [-0.25, -0.2) is 15.0 Å². The highest BCUT2D eigenvalue weighted by Gasteiger charge is 2.23. The predicted molar refractivity (Wildman–Crippen MR) is 141 cm³/mol. The molecule has 0 saturated heterocycles. The van der Waals surface area contributed by atoms with Gasteiger partial charge >= 0.3 is 0 Å². The average molecular weight is 460 g/mol. The van der Waals surface area contributed by atoms with Crippen LogP contribution in [0.1, 0.15) is 28.1 Å². The molecular weight excluding hydrogens is 434 g/mol. The Labute approximate surface area is 202 Å². The number of aryl methyl sites for hydroxylation is 5. The Kier molecular flexibility index (Phi) is 4.61. The van der Waals surface area contributed by atoms with Crippen LogP contribution in [0.15, 0.2) is 65.5 Å². The lowest BCUT2D eigenvalue weighted by Crippen LogP contribution is -2.22. The molecule has 0 aliphatic carbocycles. The molecule has 6 rings (SSSR count). The standard InChI is InChI=1S/C29H25N5O/c1-16-12-17(2)14-22(13-16)33-20(5)30-27-25(29(33)35)26-28(32-24-9-7-6-8-23(24)31-26)34(27)21-11-10-18(3)19(4)15-21/h6-15H,1-5H3. The summed E-state index contributed by atoms with van der Waals surface area (Å²) in [6, 6.07) is 20.1. The van der Waals surface area contributed by atoms with Gasteiger partial charge in [0.15, 0.2) is 11.3 Å². The second-order valence-electron chi connectivity index (χ2n) is 9.33. The predicted octanol–water partition coefficient (Wildman–Crippen LogP) is 5.81. The zero-order valence-corrected chi connectivity index (χ0v) is 20.4. The average Bonchev–Trinajstić information content (AvgIpc) is 3.11. The molecular formula is C29H25N5O. The van der Waals surface area contributed by atoms with Crippen LogP contribution in [0.25, 0.3) is 44.6 Å². The van der Waals surface area contributed by atoms with Crippen LogP contribution in [0, 0.1) is 34.6 Å². The fourth-order valence-corrected chi connectivity index (χ4v) is 4.89. The summed E-state index contributed by atoms with van der Waals surface area (Å²) in [5, 5.41) is 0.473. The van der Waals surface area contributed by atoms with Crippen molar-refractivity contribution < 1.29 is 0 Å². The minimum atomic E-state index is -0.144. The van der Waals surface area contributed by atoms with Crippen LogP contribution in [0.2, 0.25) is 0 Å². The molecule has 0 N–H and O–H groups in total. The minimum Gasteiger partial charge on any atom is -0.276 e. The minimum absolute atomic E-state index is 0.144.